The van der Waals surface area contributed by atoms with Gasteiger partial charge in [-0.15, -0.1) is 0 Å². The third-order valence-electron chi connectivity index (χ3n) is 16.3. The Morgan fingerprint density at radius 2 is 0.552 bits per heavy atom. The van der Waals surface area contributed by atoms with Gasteiger partial charge in [-0.2, -0.15) is 0 Å². The van der Waals surface area contributed by atoms with Crippen molar-refractivity contribution in [3.63, 3.8) is 0 Å². The van der Waals surface area contributed by atoms with E-state index in [0.717, 1.165) is 114 Å². The number of carbonyl (C=O) groups excluding carboxylic acids is 4. The summed E-state index contributed by atoms with van der Waals surface area (Å²) in [6.07, 6.45) is 39.3. The molecule has 19 heteroatoms. The van der Waals surface area contributed by atoms with Crippen LogP contribution in [0.25, 0.3) is 0 Å². The molecule has 0 radical (unpaired) electrons. The predicted molar refractivity (Wildman–Crippen MR) is 349 cm³/mol. The standard InChI is InChI=1S/C68H132O17P2/c1-9-60(7)46-38-30-23-26-33-41-49-66(71)79-55-64(85-68(73)51-43-35-27-24-31-39-47-61(8)10-2)57-83-87(76,77)81-53-62(69)52-80-86(74,75)82-56-63(84-67(72)50-42-34-25-22-29-37-45-59(5)6)54-78-65(70)48-40-32-21-19-17-15-13-11-12-14-16-18-20-28-36-44-58(3)4/h58-64,69H,9-57H2,1-8H3,(H,74,75)(H,76,77)/t60?,61?,62-,63-,64-/m1/s1. The number of hydrogen-bond acceptors (Lipinski definition) is 15. The van der Waals surface area contributed by atoms with Crippen molar-refractivity contribution in [1.29, 1.82) is 0 Å². The summed E-state index contributed by atoms with van der Waals surface area (Å²) < 4.78 is 68.1. The van der Waals surface area contributed by atoms with Crippen molar-refractivity contribution in [2.75, 3.05) is 39.6 Å². The SMILES string of the molecule is CCC(C)CCCCCCCCC(=O)OC[C@H](COP(=O)(O)OC[C@H](O)COP(=O)(O)OC[C@@H](COC(=O)CCCCCCCCCCCCCCCCCC(C)C)OC(=O)CCCCCCCCC(C)C)OC(=O)CCCCCCCCC(C)CC. The number of aliphatic hydroxyl groups excluding tert-OH is 1. The van der Waals surface area contributed by atoms with Gasteiger partial charge in [-0.1, -0.05) is 280 Å². The Kier molecular flexibility index (Phi) is 56.6. The van der Waals surface area contributed by atoms with E-state index in [4.69, 9.17) is 37.0 Å². The predicted octanol–water partition coefficient (Wildman–Crippen LogP) is 18.9. The van der Waals surface area contributed by atoms with E-state index in [1.165, 1.54) is 128 Å². The van der Waals surface area contributed by atoms with Crippen molar-refractivity contribution in [2.45, 2.75) is 350 Å². The van der Waals surface area contributed by atoms with Crippen LogP contribution in [0, 0.1) is 23.7 Å². The van der Waals surface area contributed by atoms with Crippen LogP contribution in [0.15, 0.2) is 0 Å². The van der Waals surface area contributed by atoms with Crippen LogP contribution >= 0.6 is 15.6 Å². The highest BCUT2D eigenvalue weighted by atomic mass is 31.2. The lowest BCUT2D eigenvalue weighted by Gasteiger charge is -2.21. The zero-order valence-electron chi connectivity index (χ0n) is 56.6. The van der Waals surface area contributed by atoms with Gasteiger partial charge in [0.1, 0.15) is 19.3 Å². The quantitative estimate of drug-likeness (QED) is 0.0222. The summed E-state index contributed by atoms with van der Waals surface area (Å²) in [6, 6.07) is 0. The lowest BCUT2D eigenvalue weighted by Crippen LogP contribution is -2.30. The number of esters is 4. The third kappa shape index (κ3) is 60.1. The number of unbranched alkanes of at least 4 members (excludes halogenated alkanes) is 29. The normalized spacial score (nSPS) is 15.0. The topological polar surface area (TPSA) is 237 Å². The van der Waals surface area contributed by atoms with Crippen molar-refractivity contribution < 1.29 is 80.2 Å². The highest BCUT2D eigenvalue weighted by Gasteiger charge is 2.30. The lowest BCUT2D eigenvalue weighted by molar-refractivity contribution is -0.161. The Balaban J connectivity index is 5.17. The van der Waals surface area contributed by atoms with Crippen LogP contribution in [0.2, 0.25) is 0 Å². The summed E-state index contributed by atoms with van der Waals surface area (Å²) in [5, 5.41) is 10.6. The molecule has 0 rings (SSSR count). The maximum atomic E-state index is 13.0. The first-order valence-electron chi connectivity index (χ1n) is 35.3. The second kappa shape index (κ2) is 57.9. The summed E-state index contributed by atoms with van der Waals surface area (Å²) in [6.45, 7) is 14.0. The highest BCUT2D eigenvalue weighted by Crippen LogP contribution is 2.45. The van der Waals surface area contributed by atoms with Crippen molar-refractivity contribution >= 4 is 39.5 Å². The summed E-state index contributed by atoms with van der Waals surface area (Å²) in [4.78, 5) is 72.3. The molecule has 0 saturated carbocycles. The monoisotopic (exact) mass is 1280 g/mol. The van der Waals surface area contributed by atoms with Gasteiger partial charge in [0.25, 0.3) is 0 Å². The molecule has 17 nitrogen and oxygen atoms in total. The number of phosphoric acid groups is 2. The van der Waals surface area contributed by atoms with Crippen molar-refractivity contribution in [2.24, 2.45) is 23.7 Å². The first kappa shape index (κ1) is 85.1. The second-order valence-corrected chi connectivity index (χ2v) is 28.9. The molecule has 0 aromatic rings. The molecule has 3 N–H and O–H groups in total. The Hall–Kier alpha value is -1.94. The fraction of sp³-hybridized carbons (Fsp3) is 0.941. The van der Waals surface area contributed by atoms with Crippen LogP contribution in [0.4, 0.5) is 0 Å². The molecule has 0 aliphatic heterocycles. The van der Waals surface area contributed by atoms with Crippen LogP contribution < -0.4 is 0 Å². The van der Waals surface area contributed by atoms with Crippen LogP contribution in [-0.4, -0.2) is 96.7 Å². The number of phosphoric ester groups is 2. The maximum absolute atomic E-state index is 13.0. The first-order valence-corrected chi connectivity index (χ1v) is 38.3. The largest absolute Gasteiger partial charge is 0.472 e. The van der Waals surface area contributed by atoms with E-state index in [1.54, 1.807) is 0 Å². The molecule has 0 heterocycles. The van der Waals surface area contributed by atoms with Crippen molar-refractivity contribution in [3.05, 3.63) is 0 Å². The van der Waals surface area contributed by atoms with Gasteiger partial charge in [0.05, 0.1) is 26.4 Å². The molecule has 0 aromatic carbocycles. The van der Waals surface area contributed by atoms with E-state index in [0.29, 0.717) is 31.6 Å². The number of ether oxygens (including phenoxy) is 4. The second-order valence-electron chi connectivity index (χ2n) is 26.0. The summed E-state index contributed by atoms with van der Waals surface area (Å²) in [7, 11) is -9.89. The molecule has 516 valence electrons. The van der Waals surface area contributed by atoms with Gasteiger partial charge >= 0.3 is 39.5 Å². The maximum Gasteiger partial charge on any atom is 0.472 e. The molecule has 87 heavy (non-hydrogen) atoms. The smallest absolute Gasteiger partial charge is 0.462 e. The van der Waals surface area contributed by atoms with E-state index in [1.807, 2.05) is 0 Å². The van der Waals surface area contributed by atoms with Gasteiger partial charge in [-0.25, -0.2) is 9.13 Å². The Bertz CT molecular complexity index is 1730. The van der Waals surface area contributed by atoms with Crippen LogP contribution in [0.5, 0.6) is 0 Å². The molecule has 0 saturated heterocycles. The van der Waals surface area contributed by atoms with E-state index >= 15 is 0 Å². The van der Waals surface area contributed by atoms with Crippen LogP contribution in [0.3, 0.4) is 0 Å². The Morgan fingerprint density at radius 3 is 0.816 bits per heavy atom. The fourth-order valence-corrected chi connectivity index (χ4v) is 11.7. The molecule has 0 amide bonds. The molecular formula is C68H132O17P2. The van der Waals surface area contributed by atoms with Gasteiger partial charge in [-0.3, -0.25) is 37.3 Å². The Morgan fingerprint density at radius 1 is 0.322 bits per heavy atom. The molecule has 0 bridgehead atoms. The molecule has 0 fully saturated rings. The van der Waals surface area contributed by atoms with Gasteiger partial charge in [0.15, 0.2) is 12.2 Å². The average Bonchev–Trinajstić information content (AvgIpc) is 3.49. The molecule has 0 aliphatic carbocycles. The number of hydrogen-bond donors (Lipinski definition) is 3. The molecule has 0 spiro atoms. The van der Waals surface area contributed by atoms with Gasteiger partial charge in [0, 0.05) is 25.7 Å². The van der Waals surface area contributed by atoms with Gasteiger partial charge in [-0.05, 0) is 49.4 Å². The highest BCUT2D eigenvalue weighted by molar-refractivity contribution is 7.47. The van der Waals surface area contributed by atoms with Crippen LogP contribution in [0.1, 0.15) is 331 Å². The summed E-state index contributed by atoms with van der Waals surface area (Å²) in [5.74, 6) is 0.786. The van der Waals surface area contributed by atoms with E-state index in [9.17, 15) is 43.2 Å². The van der Waals surface area contributed by atoms with Gasteiger partial charge in [0.2, 0.25) is 0 Å². The zero-order valence-corrected chi connectivity index (χ0v) is 58.4. The number of carbonyl (C=O) groups is 4. The Labute approximate surface area is 530 Å². The summed E-state index contributed by atoms with van der Waals surface area (Å²) in [5.41, 5.74) is 0. The molecule has 4 unspecified atom stereocenters. The van der Waals surface area contributed by atoms with Crippen molar-refractivity contribution in [3.8, 4) is 0 Å². The number of rotatable bonds is 65. The van der Waals surface area contributed by atoms with Crippen molar-refractivity contribution in [1.82, 2.24) is 0 Å². The zero-order chi connectivity index (χ0) is 64.7. The van der Waals surface area contributed by atoms with E-state index in [-0.39, 0.29) is 25.7 Å². The number of aliphatic hydroxyl groups is 1. The molecular weight excluding hydrogens is 1150 g/mol. The molecule has 0 aliphatic rings. The van der Waals surface area contributed by atoms with E-state index in [2.05, 4.69) is 55.4 Å². The first-order chi connectivity index (χ1) is 41.7. The molecule has 0 aromatic heterocycles. The lowest BCUT2D eigenvalue weighted by atomic mass is 10.00. The minimum Gasteiger partial charge on any atom is -0.462 e. The minimum absolute atomic E-state index is 0.101. The minimum atomic E-state index is -4.95. The van der Waals surface area contributed by atoms with Gasteiger partial charge < -0.3 is 33.8 Å². The fourth-order valence-electron chi connectivity index (χ4n) is 10.1. The van der Waals surface area contributed by atoms with Crippen LogP contribution in [-0.2, 0) is 65.4 Å². The molecule has 7 atom stereocenters. The average molecular weight is 1280 g/mol. The third-order valence-corrected chi connectivity index (χ3v) is 18.2. The summed E-state index contributed by atoms with van der Waals surface area (Å²) >= 11 is 0. The van der Waals surface area contributed by atoms with E-state index < -0.39 is 97.5 Å².